The summed E-state index contributed by atoms with van der Waals surface area (Å²) in [4.78, 5) is 34.6. The second kappa shape index (κ2) is 10.8. The van der Waals surface area contributed by atoms with Crippen LogP contribution in [0.4, 0.5) is 5.69 Å². The SMILES string of the molecule is CC[C@@H](C)c1ccccc1OCC(=O)NNC(=O)[C@H](C)Oc1ccccc1[N+](=O)[O-]. The predicted octanol–water partition coefficient (Wildman–Crippen LogP) is 3.10. The molecule has 2 N–H and O–H groups in total. The summed E-state index contributed by atoms with van der Waals surface area (Å²) < 4.78 is 10.9. The first kappa shape index (κ1) is 22.7. The molecule has 0 aliphatic rings. The Morgan fingerprint density at radius 3 is 2.33 bits per heavy atom. The van der Waals surface area contributed by atoms with E-state index in [0.29, 0.717) is 5.75 Å². The van der Waals surface area contributed by atoms with Gasteiger partial charge in [-0.05, 0) is 37.0 Å². The lowest BCUT2D eigenvalue weighted by Crippen LogP contribution is -2.48. The van der Waals surface area contributed by atoms with Crippen LogP contribution in [0.15, 0.2) is 48.5 Å². The molecule has 9 nitrogen and oxygen atoms in total. The largest absolute Gasteiger partial charge is 0.483 e. The number of rotatable bonds is 9. The first-order valence-corrected chi connectivity index (χ1v) is 9.54. The second-order valence-electron chi connectivity index (χ2n) is 6.66. The summed E-state index contributed by atoms with van der Waals surface area (Å²) in [5.74, 6) is -0.367. The zero-order valence-corrected chi connectivity index (χ0v) is 17.1. The van der Waals surface area contributed by atoms with Gasteiger partial charge in [-0.15, -0.1) is 0 Å². The third-order valence-electron chi connectivity index (χ3n) is 4.48. The minimum Gasteiger partial charge on any atom is -0.483 e. The lowest BCUT2D eigenvalue weighted by atomic mass is 9.98. The van der Waals surface area contributed by atoms with Crippen LogP contribution in [0.25, 0.3) is 0 Å². The highest BCUT2D eigenvalue weighted by atomic mass is 16.6. The van der Waals surface area contributed by atoms with Gasteiger partial charge < -0.3 is 9.47 Å². The van der Waals surface area contributed by atoms with E-state index in [9.17, 15) is 19.7 Å². The predicted molar refractivity (Wildman–Crippen MR) is 110 cm³/mol. The molecule has 9 heteroatoms. The van der Waals surface area contributed by atoms with E-state index in [1.807, 2.05) is 18.2 Å². The van der Waals surface area contributed by atoms with Crippen LogP contribution in [0, 0.1) is 10.1 Å². The Kier molecular flexibility index (Phi) is 8.16. The molecule has 0 saturated heterocycles. The van der Waals surface area contributed by atoms with E-state index in [2.05, 4.69) is 24.7 Å². The number of para-hydroxylation sites is 3. The highest BCUT2D eigenvalue weighted by Gasteiger charge is 2.21. The normalized spacial score (nSPS) is 12.4. The van der Waals surface area contributed by atoms with Gasteiger partial charge in [-0.3, -0.25) is 30.6 Å². The number of carbonyl (C=O) groups is 2. The molecule has 0 saturated carbocycles. The quantitative estimate of drug-likeness (QED) is 0.480. The lowest BCUT2D eigenvalue weighted by molar-refractivity contribution is -0.386. The van der Waals surface area contributed by atoms with Crippen molar-refractivity contribution in [2.45, 2.75) is 39.2 Å². The van der Waals surface area contributed by atoms with Crippen molar-refractivity contribution in [3.8, 4) is 11.5 Å². The molecule has 2 atom stereocenters. The van der Waals surface area contributed by atoms with E-state index in [-0.39, 0.29) is 24.0 Å². The number of hydrogen-bond acceptors (Lipinski definition) is 6. The number of hydrazine groups is 1. The molecule has 160 valence electrons. The third-order valence-corrected chi connectivity index (χ3v) is 4.48. The maximum atomic E-state index is 12.1. The summed E-state index contributed by atoms with van der Waals surface area (Å²) >= 11 is 0. The summed E-state index contributed by atoms with van der Waals surface area (Å²) in [6.07, 6.45) is -0.140. The van der Waals surface area contributed by atoms with Gasteiger partial charge in [0.15, 0.2) is 18.5 Å². The summed E-state index contributed by atoms with van der Waals surface area (Å²) in [6.45, 7) is 5.27. The molecule has 0 fully saturated rings. The Hall–Kier alpha value is -3.62. The zero-order chi connectivity index (χ0) is 22.1. The summed E-state index contributed by atoms with van der Waals surface area (Å²) in [5.41, 5.74) is 5.21. The zero-order valence-electron chi connectivity index (χ0n) is 17.1. The smallest absolute Gasteiger partial charge is 0.310 e. The Bertz CT molecular complexity index is 902. The standard InChI is InChI=1S/C21H25N3O6/c1-4-14(2)16-9-5-7-11-18(16)29-13-20(25)22-23-21(26)15(3)30-19-12-8-6-10-17(19)24(27)28/h5-12,14-15H,4,13H2,1-3H3,(H,22,25)(H,23,26)/t14-,15+/m1/s1. The van der Waals surface area contributed by atoms with E-state index in [4.69, 9.17) is 9.47 Å². The number of nitrogens with zero attached hydrogens (tertiary/aromatic N) is 1. The van der Waals surface area contributed by atoms with Gasteiger partial charge in [0.2, 0.25) is 0 Å². The van der Waals surface area contributed by atoms with Gasteiger partial charge in [-0.25, -0.2) is 0 Å². The van der Waals surface area contributed by atoms with Crippen molar-refractivity contribution in [3.63, 3.8) is 0 Å². The first-order valence-electron chi connectivity index (χ1n) is 9.54. The summed E-state index contributed by atoms with van der Waals surface area (Å²) in [5, 5.41) is 11.0. The monoisotopic (exact) mass is 415 g/mol. The fraction of sp³-hybridized carbons (Fsp3) is 0.333. The number of hydrogen-bond donors (Lipinski definition) is 2. The van der Waals surface area contributed by atoms with E-state index in [1.54, 1.807) is 12.1 Å². The third kappa shape index (κ3) is 6.20. The average molecular weight is 415 g/mol. The number of carbonyl (C=O) groups excluding carboxylic acids is 2. The van der Waals surface area contributed by atoms with Gasteiger partial charge in [-0.2, -0.15) is 0 Å². The van der Waals surface area contributed by atoms with Crippen molar-refractivity contribution >= 4 is 17.5 Å². The van der Waals surface area contributed by atoms with Crippen LogP contribution in [0.3, 0.4) is 0 Å². The van der Waals surface area contributed by atoms with Crippen molar-refractivity contribution < 1.29 is 24.0 Å². The Balaban J connectivity index is 1.85. The number of ether oxygens (including phenoxy) is 2. The number of nitro groups is 1. The number of benzene rings is 2. The molecule has 0 heterocycles. The summed E-state index contributed by atoms with van der Waals surface area (Å²) in [6, 6.07) is 13.2. The first-order chi connectivity index (χ1) is 14.3. The van der Waals surface area contributed by atoms with E-state index < -0.39 is 22.8 Å². The molecule has 0 spiro atoms. The average Bonchev–Trinajstić information content (AvgIpc) is 2.75. The van der Waals surface area contributed by atoms with Crippen LogP contribution < -0.4 is 20.3 Å². The van der Waals surface area contributed by atoms with Crippen LogP contribution in [-0.4, -0.2) is 29.4 Å². The van der Waals surface area contributed by atoms with E-state index in [0.717, 1.165) is 12.0 Å². The highest BCUT2D eigenvalue weighted by molar-refractivity contribution is 5.85. The number of nitrogens with one attached hydrogen (secondary N) is 2. The molecule has 0 radical (unpaired) electrons. The molecule has 2 amide bonds. The molecule has 0 aromatic heterocycles. The maximum absolute atomic E-state index is 12.1. The molecule has 2 rings (SSSR count). The van der Waals surface area contributed by atoms with Crippen LogP contribution >= 0.6 is 0 Å². The molecule has 0 bridgehead atoms. The Morgan fingerprint density at radius 1 is 1.03 bits per heavy atom. The number of amides is 2. The second-order valence-corrected chi connectivity index (χ2v) is 6.66. The molecule has 0 aliphatic heterocycles. The van der Waals surface area contributed by atoms with Gasteiger partial charge in [0.05, 0.1) is 4.92 Å². The van der Waals surface area contributed by atoms with Crippen molar-refractivity contribution in [2.24, 2.45) is 0 Å². The number of nitro benzene ring substituents is 1. The van der Waals surface area contributed by atoms with Crippen LogP contribution in [0.1, 0.15) is 38.7 Å². The van der Waals surface area contributed by atoms with Gasteiger partial charge in [0, 0.05) is 6.07 Å². The fourth-order valence-corrected chi connectivity index (χ4v) is 2.60. The van der Waals surface area contributed by atoms with Crippen molar-refractivity contribution in [3.05, 3.63) is 64.2 Å². The minimum absolute atomic E-state index is 0.0403. The summed E-state index contributed by atoms with van der Waals surface area (Å²) in [7, 11) is 0. The molecule has 0 aliphatic carbocycles. The van der Waals surface area contributed by atoms with Gasteiger partial charge in [0.1, 0.15) is 5.75 Å². The van der Waals surface area contributed by atoms with Crippen LogP contribution in [0.2, 0.25) is 0 Å². The van der Waals surface area contributed by atoms with Crippen molar-refractivity contribution in [1.29, 1.82) is 0 Å². The van der Waals surface area contributed by atoms with E-state index >= 15 is 0 Å². The van der Waals surface area contributed by atoms with Crippen LogP contribution in [-0.2, 0) is 9.59 Å². The molecular formula is C21H25N3O6. The maximum Gasteiger partial charge on any atom is 0.310 e. The Labute approximate surface area is 174 Å². The van der Waals surface area contributed by atoms with Gasteiger partial charge >= 0.3 is 5.69 Å². The molecule has 2 aromatic rings. The fourth-order valence-electron chi connectivity index (χ4n) is 2.60. The topological polar surface area (TPSA) is 120 Å². The lowest BCUT2D eigenvalue weighted by Gasteiger charge is -2.17. The van der Waals surface area contributed by atoms with Crippen molar-refractivity contribution in [2.75, 3.05) is 6.61 Å². The molecular weight excluding hydrogens is 390 g/mol. The highest BCUT2D eigenvalue weighted by Crippen LogP contribution is 2.28. The molecule has 0 unspecified atom stereocenters. The van der Waals surface area contributed by atoms with Gasteiger partial charge in [0.25, 0.3) is 11.8 Å². The Morgan fingerprint density at radius 2 is 1.67 bits per heavy atom. The molecule has 30 heavy (non-hydrogen) atoms. The van der Waals surface area contributed by atoms with Crippen molar-refractivity contribution in [1.82, 2.24) is 10.9 Å². The molecule has 2 aromatic carbocycles. The minimum atomic E-state index is -1.07. The van der Waals surface area contributed by atoms with Gasteiger partial charge in [-0.1, -0.05) is 44.2 Å². The van der Waals surface area contributed by atoms with Crippen LogP contribution in [0.5, 0.6) is 11.5 Å². The van der Waals surface area contributed by atoms with E-state index in [1.165, 1.54) is 25.1 Å².